The van der Waals surface area contributed by atoms with Crippen LogP contribution in [0.3, 0.4) is 0 Å². The molecule has 0 heterocycles. The maximum absolute atomic E-state index is 12.1. The quantitative estimate of drug-likeness (QED) is 0.419. The molecular formula is C29H46O. The van der Waals surface area contributed by atoms with Gasteiger partial charge >= 0.3 is 0 Å². The van der Waals surface area contributed by atoms with Gasteiger partial charge in [0.1, 0.15) is 0 Å². The van der Waals surface area contributed by atoms with Gasteiger partial charge in [-0.25, -0.2) is 0 Å². The second-order valence-corrected chi connectivity index (χ2v) is 12.3. The van der Waals surface area contributed by atoms with Crippen LogP contribution in [-0.2, 0) is 4.79 Å². The SMILES string of the molecule is CC[C@H](/C=C/[C@H](C)[C@H]1CC[C@H]2[C@@H]3CCC4=CC(=O)CC[C@]4(C)[C@H]3CC[C@]12C)C(C)C. The molecule has 0 saturated heterocycles. The van der Waals surface area contributed by atoms with Gasteiger partial charge in [-0.3, -0.25) is 4.79 Å². The number of hydrogen-bond donors (Lipinski definition) is 0. The van der Waals surface area contributed by atoms with Crippen molar-refractivity contribution in [1.82, 2.24) is 0 Å². The van der Waals surface area contributed by atoms with Crippen LogP contribution in [0.2, 0.25) is 0 Å². The number of fused-ring (bicyclic) bond motifs is 5. The summed E-state index contributed by atoms with van der Waals surface area (Å²) in [6.45, 7) is 14.7. The highest BCUT2D eigenvalue weighted by atomic mass is 16.1. The molecule has 0 N–H and O–H groups in total. The van der Waals surface area contributed by atoms with E-state index in [4.69, 9.17) is 0 Å². The van der Waals surface area contributed by atoms with Crippen LogP contribution in [0.25, 0.3) is 0 Å². The second kappa shape index (κ2) is 8.25. The van der Waals surface area contributed by atoms with Gasteiger partial charge in [0.2, 0.25) is 0 Å². The molecule has 3 saturated carbocycles. The smallest absolute Gasteiger partial charge is 0.155 e. The van der Waals surface area contributed by atoms with Crippen LogP contribution in [0, 0.1) is 52.3 Å². The largest absolute Gasteiger partial charge is 0.295 e. The first-order valence-corrected chi connectivity index (χ1v) is 13.1. The van der Waals surface area contributed by atoms with E-state index >= 15 is 0 Å². The molecule has 0 bridgehead atoms. The van der Waals surface area contributed by atoms with Gasteiger partial charge in [-0.2, -0.15) is 0 Å². The van der Waals surface area contributed by atoms with E-state index in [-0.39, 0.29) is 0 Å². The minimum Gasteiger partial charge on any atom is -0.295 e. The molecule has 4 aliphatic rings. The highest BCUT2D eigenvalue weighted by Crippen LogP contribution is 2.67. The van der Waals surface area contributed by atoms with Gasteiger partial charge in [0, 0.05) is 6.42 Å². The van der Waals surface area contributed by atoms with E-state index in [0.717, 1.165) is 48.3 Å². The molecule has 0 radical (unpaired) electrons. The van der Waals surface area contributed by atoms with Crippen molar-refractivity contribution in [2.75, 3.05) is 0 Å². The first-order chi connectivity index (χ1) is 14.2. The molecule has 30 heavy (non-hydrogen) atoms. The average Bonchev–Trinajstić information content (AvgIpc) is 3.06. The van der Waals surface area contributed by atoms with Crippen molar-refractivity contribution in [2.45, 2.75) is 99.3 Å². The van der Waals surface area contributed by atoms with Crippen LogP contribution < -0.4 is 0 Å². The summed E-state index contributed by atoms with van der Waals surface area (Å²) in [5.74, 6) is 6.01. The zero-order valence-electron chi connectivity index (χ0n) is 20.5. The van der Waals surface area contributed by atoms with Crippen molar-refractivity contribution in [3.63, 3.8) is 0 Å². The Labute approximate surface area is 186 Å². The Morgan fingerprint density at radius 2 is 1.77 bits per heavy atom. The molecule has 0 aromatic heterocycles. The van der Waals surface area contributed by atoms with Crippen molar-refractivity contribution in [3.8, 4) is 0 Å². The number of carbonyl (C=O) groups excluding carboxylic acids is 1. The number of ketones is 1. The lowest BCUT2D eigenvalue weighted by Gasteiger charge is -2.58. The summed E-state index contributed by atoms with van der Waals surface area (Å²) in [5.41, 5.74) is 2.34. The number of rotatable bonds is 5. The molecule has 1 nitrogen and oxygen atoms in total. The van der Waals surface area contributed by atoms with Gasteiger partial charge in [-0.05, 0) is 110 Å². The van der Waals surface area contributed by atoms with Crippen molar-refractivity contribution in [1.29, 1.82) is 0 Å². The molecular weight excluding hydrogens is 364 g/mol. The van der Waals surface area contributed by atoms with Gasteiger partial charge in [0.15, 0.2) is 5.78 Å². The van der Waals surface area contributed by atoms with Crippen molar-refractivity contribution < 1.29 is 4.79 Å². The highest BCUT2D eigenvalue weighted by Gasteiger charge is 2.59. The molecule has 0 aromatic rings. The Balaban J connectivity index is 1.52. The summed E-state index contributed by atoms with van der Waals surface area (Å²) in [6, 6.07) is 0. The summed E-state index contributed by atoms with van der Waals surface area (Å²) in [6.07, 6.45) is 18.5. The van der Waals surface area contributed by atoms with Crippen LogP contribution >= 0.6 is 0 Å². The van der Waals surface area contributed by atoms with Crippen LogP contribution in [0.5, 0.6) is 0 Å². The predicted molar refractivity (Wildman–Crippen MR) is 127 cm³/mol. The zero-order valence-corrected chi connectivity index (χ0v) is 20.5. The molecule has 8 atom stereocenters. The standard InChI is InChI=1S/C29H46O/c1-7-21(19(2)3)9-8-20(4)25-12-13-26-24-11-10-22-18-23(30)14-16-28(22,5)27(24)15-17-29(25,26)6/h8-9,18-21,24-27H,7,10-17H2,1-6H3/b9-8+/t20-,21+,24-,25+,26-,27-,28-,29+/m0/s1. The number of hydrogen-bond acceptors (Lipinski definition) is 1. The fraction of sp³-hybridized carbons (Fsp3) is 0.828. The second-order valence-electron chi connectivity index (χ2n) is 12.3. The Bertz CT molecular complexity index is 714. The zero-order chi connectivity index (χ0) is 21.7. The number of carbonyl (C=O) groups is 1. The lowest BCUT2D eigenvalue weighted by Crippen LogP contribution is -2.50. The first-order valence-electron chi connectivity index (χ1n) is 13.1. The monoisotopic (exact) mass is 410 g/mol. The molecule has 3 fully saturated rings. The molecule has 0 aromatic carbocycles. The van der Waals surface area contributed by atoms with E-state index in [9.17, 15) is 4.79 Å². The minimum absolute atomic E-state index is 0.313. The highest BCUT2D eigenvalue weighted by molar-refractivity contribution is 5.91. The molecule has 4 aliphatic carbocycles. The normalized spacial score (nSPS) is 43.2. The Hall–Kier alpha value is -0.850. The third kappa shape index (κ3) is 3.57. The Kier molecular flexibility index (Phi) is 6.15. The van der Waals surface area contributed by atoms with Gasteiger partial charge in [0.05, 0.1) is 0 Å². The summed E-state index contributed by atoms with van der Waals surface area (Å²) in [5, 5.41) is 0. The molecule has 0 amide bonds. The Morgan fingerprint density at radius 1 is 1.00 bits per heavy atom. The van der Waals surface area contributed by atoms with E-state index in [1.807, 2.05) is 0 Å². The fourth-order valence-corrected chi connectivity index (χ4v) is 8.75. The van der Waals surface area contributed by atoms with Gasteiger partial charge in [-0.15, -0.1) is 0 Å². The summed E-state index contributed by atoms with van der Waals surface area (Å²) < 4.78 is 0. The van der Waals surface area contributed by atoms with Crippen molar-refractivity contribution in [2.24, 2.45) is 52.3 Å². The maximum atomic E-state index is 12.1. The molecule has 1 heteroatoms. The van der Waals surface area contributed by atoms with Crippen LogP contribution in [0.1, 0.15) is 99.3 Å². The topological polar surface area (TPSA) is 17.1 Å². The van der Waals surface area contributed by atoms with Crippen LogP contribution in [-0.4, -0.2) is 5.78 Å². The van der Waals surface area contributed by atoms with E-state index in [1.165, 1.54) is 50.5 Å². The third-order valence-electron chi connectivity index (χ3n) is 10.7. The lowest BCUT2D eigenvalue weighted by atomic mass is 9.46. The van der Waals surface area contributed by atoms with E-state index in [1.54, 1.807) is 0 Å². The first kappa shape index (κ1) is 22.3. The van der Waals surface area contributed by atoms with Crippen LogP contribution in [0.15, 0.2) is 23.8 Å². The van der Waals surface area contributed by atoms with Crippen molar-refractivity contribution >= 4 is 5.78 Å². The number of allylic oxidation sites excluding steroid dienone is 3. The van der Waals surface area contributed by atoms with Gasteiger partial charge in [-0.1, -0.05) is 59.3 Å². The lowest BCUT2D eigenvalue weighted by molar-refractivity contribution is -0.117. The van der Waals surface area contributed by atoms with Crippen LogP contribution in [0.4, 0.5) is 0 Å². The molecule has 0 aliphatic heterocycles. The molecule has 168 valence electrons. The van der Waals surface area contributed by atoms with E-state index < -0.39 is 0 Å². The summed E-state index contributed by atoms with van der Waals surface area (Å²) >= 11 is 0. The van der Waals surface area contributed by atoms with E-state index in [2.05, 4.69) is 59.8 Å². The van der Waals surface area contributed by atoms with Crippen molar-refractivity contribution in [3.05, 3.63) is 23.8 Å². The maximum Gasteiger partial charge on any atom is 0.155 e. The van der Waals surface area contributed by atoms with E-state index in [0.29, 0.717) is 22.5 Å². The van der Waals surface area contributed by atoms with Gasteiger partial charge in [0.25, 0.3) is 0 Å². The van der Waals surface area contributed by atoms with Gasteiger partial charge < -0.3 is 0 Å². The minimum atomic E-state index is 0.313. The average molecular weight is 411 g/mol. The molecule has 4 rings (SSSR count). The third-order valence-corrected chi connectivity index (χ3v) is 10.7. The summed E-state index contributed by atoms with van der Waals surface area (Å²) in [4.78, 5) is 12.1. The molecule has 0 spiro atoms. The predicted octanol–water partition coefficient (Wildman–Crippen LogP) is 8.01. The summed E-state index contributed by atoms with van der Waals surface area (Å²) in [7, 11) is 0. The fourth-order valence-electron chi connectivity index (χ4n) is 8.75. The Morgan fingerprint density at radius 3 is 2.47 bits per heavy atom. The molecule has 0 unspecified atom stereocenters.